The van der Waals surface area contributed by atoms with Crippen molar-refractivity contribution >= 4 is 17.3 Å². The van der Waals surface area contributed by atoms with E-state index in [4.69, 9.17) is 16.3 Å². The molecule has 1 aromatic carbocycles. The number of nitrogens with one attached hydrogen (secondary N) is 1. The average molecular weight is 281 g/mol. The van der Waals surface area contributed by atoms with Crippen molar-refractivity contribution in [3.8, 4) is 5.75 Å². The van der Waals surface area contributed by atoms with E-state index in [1.165, 1.54) is 24.9 Å². The van der Waals surface area contributed by atoms with E-state index in [1.54, 1.807) is 7.11 Å². The van der Waals surface area contributed by atoms with Gasteiger partial charge >= 0.3 is 0 Å². The van der Waals surface area contributed by atoms with Crippen LogP contribution in [0.25, 0.3) is 0 Å². The van der Waals surface area contributed by atoms with Crippen molar-refractivity contribution in [1.82, 2.24) is 5.32 Å². The molecule has 0 bridgehead atoms. The van der Waals surface area contributed by atoms with Crippen LogP contribution < -0.4 is 15.0 Å². The number of hydrogen-bond acceptors (Lipinski definition) is 3. The molecule has 0 radical (unpaired) electrons. The van der Waals surface area contributed by atoms with Gasteiger partial charge in [-0.1, -0.05) is 11.6 Å². The number of methoxy groups -OCH3 is 1. The molecule has 4 heteroatoms. The van der Waals surface area contributed by atoms with Crippen LogP contribution in [-0.2, 0) is 0 Å². The van der Waals surface area contributed by atoms with Crippen LogP contribution in [0.4, 0.5) is 5.69 Å². The third kappa shape index (κ3) is 3.15. The first-order valence-corrected chi connectivity index (χ1v) is 7.46. The standard InChI is InChI=1S/C15H21ClN2O/c1-19-15-5-4-13(8-14(15)16)18-7-6-11(10-18)9-17-12-2-3-12/h4-5,8,11-12,17H,2-3,6-7,9-10H2,1H3. The fourth-order valence-electron chi connectivity index (χ4n) is 2.71. The molecule has 1 aliphatic carbocycles. The monoisotopic (exact) mass is 280 g/mol. The summed E-state index contributed by atoms with van der Waals surface area (Å²) in [5.74, 6) is 1.51. The van der Waals surface area contributed by atoms with Crippen LogP contribution >= 0.6 is 11.6 Å². The summed E-state index contributed by atoms with van der Waals surface area (Å²) in [7, 11) is 1.65. The van der Waals surface area contributed by atoms with E-state index in [-0.39, 0.29) is 0 Å². The van der Waals surface area contributed by atoms with Crippen molar-refractivity contribution in [2.75, 3.05) is 31.6 Å². The molecule has 1 aliphatic heterocycles. The van der Waals surface area contributed by atoms with Crippen LogP contribution in [0.2, 0.25) is 5.02 Å². The van der Waals surface area contributed by atoms with Gasteiger partial charge in [-0.15, -0.1) is 0 Å². The van der Waals surface area contributed by atoms with Crippen LogP contribution in [0.3, 0.4) is 0 Å². The number of rotatable bonds is 5. The van der Waals surface area contributed by atoms with Crippen molar-refractivity contribution in [3.63, 3.8) is 0 Å². The lowest BCUT2D eigenvalue weighted by Gasteiger charge is -2.19. The summed E-state index contributed by atoms with van der Waals surface area (Å²) in [6.45, 7) is 3.41. The minimum absolute atomic E-state index is 0.694. The van der Waals surface area contributed by atoms with Crippen molar-refractivity contribution < 1.29 is 4.74 Å². The highest BCUT2D eigenvalue weighted by Gasteiger charge is 2.26. The van der Waals surface area contributed by atoms with Gasteiger partial charge in [0.05, 0.1) is 12.1 Å². The van der Waals surface area contributed by atoms with Crippen molar-refractivity contribution in [2.24, 2.45) is 5.92 Å². The molecular formula is C15H21ClN2O. The number of anilines is 1. The van der Waals surface area contributed by atoms with E-state index in [0.717, 1.165) is 37.3 Å². The zero-order valence-corrected chi connectivity index (χ0v) is 12.1. The van der Waals surface area contributed by atoms with Gasteiger partial charge in [0.15, 0.2) is 0 Å². The maximum absolute atomic E-state index is 6.19. The first kappa shape index (κ1) is 13.1. The first-order chi connectivity index (χ1) is 9.26. The minimum atomic E-state index is 0.694. The highest BCUT2D eigenvalue weighted by molar-refractivity contribution is 6.32. The molecule has 1 saturated heterocycles. The lowest BCUT2D eigenvalue weighted by Crippen LogP contribution is -2.27. The topological polar surface area (TPSA) is 24.5 Å². The molecule has 2 fully saturated rings. The van der Waals surface area contributed by atoms with E-state index in [1.807, 2.05) is 12.1 Å². The molecule has 1 aromatic rings. The number of hydrogen-bond donors (Lipinski definition) is 1. The summed E-state index contributed by atoms with van der Waals surface area (Å²) in [4.78, 5) is 2.42. The Hall–Kier alpha value is -0.930. The Labute approximate surface area is 119 Å². The van der Waals surface area contributed by atoms with Gasteiger partial charge in [0.1, 0.15) is 5.75 Å². The zero-order chi connectivity index (χ0) is 13.2. The summed E-state index contributed by atoms with van der Waals surface area (Å²) in [5, 5.41) is 4.32. The maximum Gasteiger partial charge on any atom is 0.137 e. The third-order valence-corrected chi connectivity index (χ3v) is 4.35. The largest absolute Gasteiger partial charge is 0.495 e. The SMILES string of the molecule is COc1ccc(N2CCC(CNC3CC3)C2)cc1Cl. The number of nitrogens with zero attached hydrogens (tertiary/aromatic N) is 1. The second kappa shape index (κ2) is 5.59. The smallest absolute Gasteiger partial charge is 0.137 e. The van der Waals surface area contributed by atoms with Crippen molar-refractivity contribution in [3.05, 3.63) is 23.2 Å². The molecule has 2 aliphatic rings. The van der Waals surface area contributed by atoms with Crippen molar-refractivity contribution in [1.29, 1.82) is 0 Å². The Balaban J connectivity index is 1.58. The van der Waals surface area contributed by atoms with E-state index in [9.17, 15) is 0 Å². The fraction of sp³-hybridized carbons (Fsp3) is 0.600. The van der Waals surface area contributed by atoms with E-state index in [0.29, 0.717) is 5.02 Å². The summed E-state index contributed by atoms with van der Waals surface area (Å²) < 4.78 is 5.20. The summed E-state index contributed by atoms with van der Waals surface area (Å²) in [5.41, 5.74) is 1.21. The molecule has 0 spiro atoms. The van der Waals surface area contributed by atoms with Gasteiger partial charge in [0, 0.05) is 24.8 Å². The normalized spacial score (nSPS) is 22.8. The zero-order valence-electron chi connectivity index (χ0n) is 11.4. The molecule has 0 aromatic heterocycles. The third-order valence-electron chi connectivity index (χ3n) is 4.06. The van der Waals surface area contributed by atoms with Crippen LogP contribution in [0.15, 0.2) is 18.2 Å². The van der Waals surface area contributed by atoms with Crippen molar-refractivity contribution in [2.45, 2.75) is 25.3 Å². The van der Waals surface area contributed by atoms with E-state index in [2.05, 4.69) is 16.3 Å². The van der Waals surface area contributed by atoms with Crippen LogP contribution in [0, 0.1) is 5.92 Å². The van der Waals surface area contributed by atoms with Gasteiger partial charge in [-0.3, -0.25) is 0 Å². The fourth-order valence-corrected chi connectivity index (χ4v) is 2.96. The van der Waals surface area contributed by atoms with Crippen LogP contribution in [0.5, 0.6) is 5.75 Å². The highest BCUT2D eigenvalue weighted by Crippen LogP contribution is 2.31. The van der Waals surface area contributed by atoms with Gasteiger partial charge in [-0.25, -0.2) is 0 Å². The molecule has 19 heavy (non-hydrogen) atoms. The summed E-state index contributed by atoms with van der Waals surface area (Å²) in [6.07, 6.45) is 4.00. The Morgan fingerprint density at radius 1 is 1.37 bits per heavy atom. The molecule has 3 nitrogen and oxygen atoms in total. The second-order valence-electron chi connectivity index (χ2n) is 5.60. The predicted octanol–water partition coefficient (Wildman–Crippen LogP) is 2.93. The Morgan fingerprint density at radius 2 is 2.21 bits per heavy atom. The van der Waals surface area contributed by atoms with Crippen LogP contribution in [0.1, 0.15) is 19.3 Å². The molecule has 1 atom stereocenters. The van der Waals surface area contributed by atoms with Crippen LogP contribution in [-0.4, -0.2) is 32.8 Å². The molecule has 104 valence electrons. The summed E-state index contributed by atoms with van der Waals surface area (Å²) >= 11 is 6.19. The molecule has 1 N–H and O–H groups in total. The lowest BCUT2D eigenvalue weighted by atomic mass is 10.1. The van der Waals surface area contributed by atoms with E-state index < -0.39 is 0 Å². The Morgan fingerprint density at radius 3 is 2.89 bits per heavy atom. The van der Waals surface area contributed by atoms with Gasteiger partial charge in [-0.05, 0) is 49.9 Å². The van der Waals surface area contributed by atoms with E-state index >= 15 is 0 Å². The Bertz CT molecular complexity index is 448. The van der Waals surface area contributed by atoms with Gasteiger partial charge in [0.25, 0.3) is 0 Å². The number of benzene rings is 1. The summed E-state index contributed by atoms with van der Waals surface area (Å²) in [6, 6.07) is 6.87. The molecule has 1 unspecified atom stereocenters. The second-order valence-corrected chi connectivity index (χ2v) is 6.01. The Kier molecular flexibility index (Phi) is 3.85. The van der Waals surface area contributed by atoms with Gasteiger partial charge < -0.3 is 15.0 Å². The molecule has 3 rings (SSSR count). The maximum atomic E-state index is 6.19. The highest BCUT2D eigenvalue weighted by atomic mass is 35.5. The van der Waals surface area contributed by atoms with Gasteiger partial charge in [-0.2, -0.15) is 0 Å². The minimum Gasteiger partial charge on any atom is -0.495 e. The van der Waals surface area contributed by atoms with Gasteiger partial charge in [0.2, 0.25) is 0 Å². The number of ether oxygens (including phenoxy) is 1. The molecular weight excluding hydrogens is 260 g/mol. The lowest BCUT2D eigenvalue weighted by molar-refractivity contribution is 0.415. The average Bonchev–Trinajstić information content (AvgIpc) is 3.13. The molecule has 0 amide bonds. The number of halogens is 1. The quantitative estimate of drug-likeness (QED) is 0.898. The molecule has 1 heterocycles. The first-order valence-electron chi connectivity index (χ1n) is 7.08. The molecule has 1 saturated carbocycles. The predicted molar refractivity (Wildman–Crippen MR) is 79.3 cm³/mol.